The minimum Gasteiger partial charge on any atom is -0.493 e. The van der Waals surface area contributed by atoms with Crippen molar-refractivity contribution in [2.45, 2.75) is 13.5 Å². The molecule has 2 aromatic carbocycles. The van der Waals surface area contributed by atoms with Crippen molar-refractivity contribution in [2.75, 3.05) is 19.0 Å². The molecule has 0 aliphatic carbocycles. The third kappa shape index (κ3) is 3.20. The number of rotatable bonds is 6. The third-order valence-electron chi connectivity index (χ3n) is 2.91. The van der Waals surface area contributed by atoms with E-state index in [-0.39, 0.29) is 5.82 Å². The molecule has 2 rings (SSSR count). The Morgan fingerprint density at radius 2 is 1.90 bits per heavy atom. The fourth-order valence-electron chi connectivity index (χ4n) is 1.96. The van der Waals surface area contributed by atoms with Crippen LogP contribution < -0.4 is 14.8 Å². The molecule has 0 spiro atoms. The van der Waals surface area contributed by atoms with E-state index in [2.05, 4.69) is 5.32 Å². The maximum absolute atomic E-state index is 13.6. The molecule has 2 aromatic rings. The predicted octanol–water partition coefficient (Wildman–Crippen LogP) is 3.85. The Bertz CT molecular complexity index is 572. The molecule has 20 heavy (non-hydrogen) atoms. The van der Waals surface area contributed by atoms with Crippen LogP contribution in [-0.4, -0.2) is 13.7 Å². The minimum absolute atomic E-state index is 0.270. The zero-order valence-corrected chi connectivity index (χ0v) is 11.7. The van der Waals surface area contributed by atoms with Crippen LogP contribution in [0.1, 0.15) is 12.5 Å². The second kappa shape index (κ2) is 6.80. The van der Waals surface area contributed by atoms with Gasteiger partial charge in [0.05, 0.1) is 19.4 Å². The van der Waals surface area contributed by atoms with E-state index in [1.807, 2.05) is 25.1 Å². The zero-order chi connectivity index (χ0) is 14.4. The molecular weight excluding hydrogens is 257 g/mol. The lowest BCUT2D eigenvalue weighted by Gasteiger charge is -2.15. The Balaban J connectivity index is 2.19. The Morgan fingerprint density at radius 1 is 1.10 bits per heavy atom. The van der Waals surface area contributed by atoms with Crippen molar-refractivity contribution in [1.82, 2.24) is 0 Å². The normalized spacial score (nSPS) is 10.2. The van der Waals surface area contributed by atoms with Crippen LogP contribution in [0.4, 0.5) is 10.1 Å². The summed E-state index contributed by atoms with van der Waals surface area (Å²) in [4.78, 5) is 0. The molecule has 1 N–H and O–H groups in total. The fraction of sp³-hybridized carbons (Fsp3) is 0.250. The van der Waals surface area contributed by atoms with Gasteiger partial charge in [0, 0.05) is 12.1 Å². The van der Waals surface area contributed by atoms with Gasteiger partial charge in [-0.05, 0) is 25.1 Å². The van der Waals surface area contributed by atoms with Gasteiger partial charge in [0.25, 0.3) is 0 Å². The number of halogens is 1. The van der Waals surface area contributed by atoms with Gasteiger partial charge in [-0.3, -0.25) is 0 Å². The number of hydrogen-bond acceptors (Lipinski definition) is 3. The van der Waals surface area contributed by atoms with Crippen LogP contribution in [-0.2, 0) is 6.54 Å². The van der Waals surface area contributed by atoms with E-state index >= 15 is 0 Å². The molecule has 0 bridgehead atoms. The van der Waals surface area contributed by atoms with E-state index in [0.29, 0.717) is 30.3 Å². The van der Waals surface area contributed by atoms with Crippen LogP contribution in [0.15, 0.2) is 42.5 Å². The van der Waals surface area contributed by atoms with Crippen LogP contribution in [0.5, 0.6) is 11.5 Å². The smallest absolute Gasteiger partial charge is 0.166 e. The van der Waals surface area contributed by atoms with Gasteiger partial charge in [-0.25, -0.2) is 4.39 Å². The zero-order valence-electron chi connectivity index (χ0n) is 11.7. The van der Waals surface area contributed by atoms with Gasteiger partial charge in [0.15, 0.2) is 11.5 Å². The molecule has 4 heteroatoms. The van der Waals surface area contributed by atoms with Gasteiger partial charge in [0.2, 0.25) is 0 Å². The van der Waals surface area contributed by atoms with Crippen LogP contribution >= 0.6 is 0 Å². The summed E-state index contributed by atoms with van der Waals surface area (Å²) >= 11 is 0. The first-order valence-electron chi connectivity index (χ1n) is 6.53. The summed E-state index contributed by atoms with van der Waals surface area (Å²) in [5, 5.41) is 3.07. The summed E-state index contributed by atoms with van der Waals surface area (Å²) in [6, 6.07) is 12.3. The van der Waals surface area contributed by atoms with E-state index in [1.54, 1.807) is 25.3 Å². The monoisotopic (exact) mass is 275 g/mol. The van der Waals surface area contributed by atoms with Crippen LogP contribution in [0.3, 0.4) is 0 Å². The minimum atomic E-state index is -0.270. The molecule has 3 nitrogen and oxygen atoms in total. The molecule has 0 fully saturated rings. The summed E-state index contributed by atoms with van der Waals surface area (Å²) in [5.41, 5.74) is 1.40. The van der Waals surface area contributed by atoms with Crippen molar-refractivity contribution in [3.63, 3.8) is 0 Å². The first-order chi connectivity index (χ1) is 9.76. The highest BCUT2D eigenvalue weighted by Gasteiger charge is 2.10. The van der Waals surface area contributed by atoms with Crippen molar-refractivity contribution < 1.29 is 13.9 Å². The molecule has 0 aromatic heterocycles. The van der Waals surface area contributed by atoms with E-state index < -0.39 is 0 Å². The number of ether oxygens (including phenoxy) is 2. The topological polar surface area (TPSA) is 30.5 Å². The predicted molar refractivity (Wildman–Crippen MR) is 77.9 cm³/mol. The first-order valence-corrected chi connectivity index (χ1v) is 6.53. The average Bonchev–Trinajstić information content (AvgIpc) is 2.47. The fourth-order valence-corrected chi connectivity index (χ4v) is 1.96. The second-order valence-corrected chi connectivity index (χ2v) is 4.21. The average molecular weight is 275 g/mol. The van der Waals surface area contributed by atoms with Gasteiger partial charge >= 0.3 is 0 Å². The third-order valence-corrected chi connectivity index (χ3v) is 2.91. The Hall–Kier alpha value is -2.23. The van der Waals surface area contributed by atoms with Gasteiger partial charge < -0.3 is 14.8 Å². The van der Waals surface area contributed by atoms with Gasteiger partial charge in [-0.1, -0.05) is 24.3 Å². The maximum atomic E-state index is 13.6. The standard InChI is InChI=1S/C16H18FNO2/c1-3-20-16-12(7-6-10-15(16)19-2)11-18-14-9-5-4-8-13(14)17/h4-10,18H,3,11H2,1-2H3. The summed E-state index contributed by atoms with van der Waals surface area (Å²) < 4.78 is 24.5. The lowest BCUT2D eigenvalue weighted by Crippen LogP contribution is -2.05. The quantitative estimate of drug-likeness (QED) is 0.868. The lowest BCUT2D eigenvalue weighted by molar-refractivity contribution is 0.308. The number of methoxy groups -OCH3 is 1. The number of nitrogens with one attached hydrogen (secondary N) is 1. The molecule has 0 unspecified atom stereocenters. The first kappa shape index (κ1) is 14.2. The van der Waals surface area contributed by atoms with Gasteiger partial charge in [0.1, 0.15) is 5.82 Å². The van der Waals surface area contributed by atoms with E-state index in [1.165, 1.54) is 6.07 Å². The maximum Gasteiger partial charge on any atom is 0.166 e. The number of anilines is 1. The molecule has 0 aliphatic heterocycles. The van der Waals surface area contributed by atoms with Crippen LogP contribution in [0.25, 0.3) is 0 Å². The van der Waals surface area contributed by atoms with Crippen molar-refractivity contribution in [3.05, 3.63) is 53.8 Å². The number of benzene rings is 2. The van der Waals surface area contributed by atoms with Crippen molar-refractivity contribution in [1.29, 1.82) is 0 Å². The highest BCUT2D eigenvalue weighted by Crippen LogP contribution is 2.31. The summed E-state index contributed by atoms with van der Waals surface area (Å²) in [6.45, 7) is 2.93. The van der Waals surface area contributed by atoms with Crippen molar-refractivity contribution in [3.8, 4) is 11.5 Å². The molecule has 0 saturated heterocycles. The van der Waals surface area contributed by atoms with Gasteiger partial charge in [-0.2, -0.15) is 0 Å². The highest BCUT2D eigenvalue weighted by atomic mass is 19.1. The van der Waals surface area contributed by atoms with Crippen molar-refractivity contribution in [2.24, 2.45) is 0 Å². The SMILES string of the molecule is CCOc1c(CNc2ccccc2F)cccc1OC. The molecule has 0 aliphatic rings. The van der Waals surface area contributed by atoms with E-state index in [4.69, 9.17) is 9.47 Å². The molecule has 0 saturated carbocycles. The van der Waals surface area contributed by atoms with Crippen LogP contribution in [0, 0.1) is 5.82 Å². The number of para-hydroxylation sites is 2. The van der Waals surface area contributed by atoms with E-state index in [9.17, 15) is 4.39 Å². The lowest BCUT2D eigenvalue weighted by atomic mass is 10.1. The Labute approximate surface area is 118 Å². The molecular formula is C16H18FNO2. The largest absolute Gasteiger partial charge is 0.493 e. The van der Waals surface area contributed by atoms with Gasteiger partial charge in [-0.15, -0.1) is 0 Å². The summed E-state index contributed by atoms with van der Waals surface area (Å²) in [7, 11) is 1.60. The second-order valence-electron chi connectivity index (χ2n) is 4.21. The number of hydrogen-bond donors (Lipinski definition) is 1. The Kier molecular flexibility index (Phi) is 4.82. The van der Waals surface area contributed by atoms with Crippen molar-refractivity contribution >= 4 is 5.69 Å². The van der Waals surface area contributed by atoms with Crippen LogP contribution in [0.2, 0.25) is 0 Å². The molecule has 0 atom stereocenters. The van der Waals surface area contributed by atoms with E-state index in [0.717, 1.165) is 5.56 Å². The molecule has 0 heterocycles. The molecule has 0 radical (unpaired) electrons. The summed E-state index contributed by atoms with van der Waals surface area (Å²) in [6.07, 6.45) is 0. The molecule has 106 valence electrons. The Morgan fingerprint density at radius 3 is 2.60 bits per heavy atom. The summed E-state index contributed by atoms with van der Waals surface area (Å²) in [5.74, 6) is 1.11. The molecule has 0 amide bonds. The highest BCUT2D eigenvalue weighted by molar-refractivity contribution is 5.50.